The molecule has 1 amide bonds. The lowest BCUT2D eigenvalue weighted by Gasteiger charge is -2.15. The first kappa shape index (κ1) is 16.8. The second kappa shape index (κ2) is 6.81. The van der Waals surface area contributed by atoms with Gasteiger partial charge in [-0.05, 0) is 31.9 Å². The van der Waals surface area contributed by atoms with E-state index in [0.717, 1.165) is 28.5 Å². The molecule has 24 heavy (non-hydrogen) atoms. The van der Waals surface area contributed by atoms with Crippen LogP contribution >= 0.6 is 11.8 Å². The molecule has 1 aromatic carbocycles. The number of hydrogen-bond acceptors (Lipinski definition) is 4. The normalized spacial score (nSPS) is 16.0. The summed E-state index contributed by atoms with van der Waals surface area (Å²) in [5.41, 5.74) is 3.34. The Morgan fingerprint density at radius 3 is 2.88 bits per heavy atom. The van der Waals surface area contributed by atoms with Crippen LogP contribution in [0.5, 0.6) is 0 Å². The van der Waals surface area contributed by atoms with Crippen molar-refractivity contribution in [1.82, 2.24) is 9.55 Å². The minimum absolute atomic E-state index is 0.0331. The van der Waals surface area contributed by atoms with E-state index in [1.165, 1.54) is 0 Å². The van der Waals surface area contributed by atoms with Gasteiger partial charge in [-0.25, -0.2) is 4.98 Å². The summed E-state index contributed by atoms with van der Waals surface area (Å²) in [4.78, 5) is 29.4. The van der Waals surface area contributed by atoms with Crippen molar-refractivity contribution < 1.29 is 4.79 Å². The number of carbonyl (C=O) groups is 1. The lowest BCUT2D eigenvalue weighted by molar-refractivity contribution is -0.116. The van der Waals surface area contributed by atoms with Gasteiger partial charge in [0.1, 0.15) is 0 Å². The fourth-order valence-electron chi connectivity index (χ4n) is 2.89. The number of anilines is 1. The number of nitrogens with zero attached hydrogens (tertiary/aromatic N) is 2. The van der Waals surface area contributed by atoms with Crippen LogP contribution in [0.1, 0.15) is 36.2 Å². The molecular weight excluding hydrogens is 322 g/mol. The molecule has 1 aromatic heterocycles. The molecule has 0 aliphatic carbocycles. The lowest BCUT2D eigenvalue weighted by atomic mass is 10.1. The summed E-state index contributed by atoms with van der Waals surface area (Å²) in [7, 11) is 0. The average molecular weight is 343 g/mol. The van der Waals surface area contributed by atoms with Crippen LogP contribution in [0.15, 0.2) is 34.2 Å². The zero-order valence-corrected chi connectivity index (χ0v) is 14.9. The van der Waals surface area contributed by atoms with Crippen LogP contribution in [0.3, 0.4) is 0 Å². The van der Waals surface area contributed by atoms with Gasteiger partial charge in [-0.1, -0.05) is 36.9 Å². The summed E-state index contributed by atoms with van der Waals surface area (Å²) in [6.07, 6.45) is 1.14. The Morgan fingerprint density at radius 1 is 1.38 bits per heavy atom. The Hall–Kier alpha value is -2.08. The maximum atomic E-state index is 12.5. The van der Waals surface area contributed by atoms with E-state index in [-0.39, 0.29) is 23.9 Å². The van der Waals surface area contributed by atoms with E-state index in [2.05, 4.69) is 17.2 Å². The summed E-state index contributed by atoms with van der Waals surface area (Å²) in [5, 5.41) is 3.70. The number of benzene rings is 1. The molecule has 0 radical (unpaired) electrons. The first-order valence-electron chi connectivity index (χ1n) is 8.11. The highest BCUT2D eigenvalue weighted by molar-refractivity contribution is 7.99. The van der Waals surface area contributed by atoms with Crippen molar-refractivity contribution in [3.8, 4) is 0 Å². The largest absolute Gasteiger partial charge is 0.326 e. The fourth-order valence-corrected chi connectivity index (χ4v) is 4.07. The van der Waals surface area contributed by atoms with Crippen molar-refractivity contribution in [3.05, 3.63) is 51.4 Å². The quantitative estimate of drug-likeness (QED) is 0.867. The molecule has 1 aliphatic heterocycles. The smallest absolute Gasteiger partial charge is 0.257 e. The van der Waals surface area contributed by atoms with Crippen molar-refractivity contribution in [2.45, 2.75) is 44.8 Å². The minimum Gasteiger partial charge on any atom is -0.326 e. The monoisotopic (exact) mass is 343 g/mol. The maximum absolute atomic E-state index is 12.5. The molecular formula is C18H21N3O2S. The predicted molar refractivity (Wildman–Crippen MR) is 96.8 cm³/mol. The molecule has 126 valence electrons. The van der Waals surface area contributed by atoms with Gasteiger partial charge in [-0.2, -0.15) is 0 Å². The van der Waals surface area contributed by atoms with Crippen LogP contribution < -0.4 is 10.9 Å². The van der Waals surface area contributed by atoms with Crippen molar-refractivity contribution >= 4 is 23.4 Å². The number of rotatable bonds is 4. The Bertz CT molecular complexity index is 845. The van der Waals surface area contributed by atoms with E-state index >= 15 is 0 Å². The average Bonchev–Trinajstić information content (AvgIpc) is 2.95. The van der Waals surface area contributed by atoms with Gasteiger partial charge in [0, 0.05) is 29.1 Å². The third-order valence-electron chi connectivity index (χ3n) is 4.42. The number of hydrogen-bond donors (Lipinski definition) is 1. The summed E-state index contributed by atoms with van der Waals surface area (Å²) in [5.74, 6) is 0.632. The molecule has 1 N–H and O–H groups in total. The van der Waals surface area contributed by atoms with Gasteiger partial charge in [-0.15, -0.1) is 0 Å². The van der Waals surface area contributed by atoms with Gasteiger partial charge >= 0.3 is 0 Å². The Labute approximate surface area is 145 Å². The number of nitrogens with one attached hydrogen (secondary N) is 1. The Kier molecular flexibility index (Phi) is 4.76. The number of aryl methyl sites for hydroxylation is 2. The highest BCUT2D eigenvalue weighted by Gasteiger charge is 2.28. The topological polar surface area (TPSA) is 64.0 Å². The van der Waals surface area contributed by atoms with Crippen molar-refractivity contribution in [3.63, 3.8) is 0 Å². The van der Waals surface area contributed by atoms with Crippen molar-refractivity contribution in [2.24, 2.45) is 0 Å². The standard InChI is InChI=1S/C18H21N3O2S/c1-4-13-7-5-6-8-15(13)20-16(22)9-14-10-24-18-19-12(3)11(2)17(23)21(14)18/h5-8,14H,4,9-10H2,1-3H3,(H,20,22). The number of thioether (sulfide) groups is 1. The summed E-state index contributed by atoms with van der Waals surface area (Å²) < 4.78 is 1.68. The van der Waals surface area contributed by atoms with Gasteiger partial charge in [0.25, 0.3) is 5.56 Å². The summed E-state index contributed by atoms with van der Waals surface area (Å²) in [6.45, 7) is 5.70. The second-order valence-corrected chi connectivity index (χ2v) is 6.99. The first-order valence-corrected chi connectivity index (χ1v) is 9.10. The van der Waals surface area contributed by atoms with E-state index in [1.807, 2.05) is 31.2 Å². The van der Waals surface area contributed by atoms with Gasteiger partial charge in [-0.3, -0.25) is 14.2 Å². The molecule has 0 fully saturated rings. The highest BCUT2D eigenvalue weighted by Crippen LogP contribution is 2.32. The van der Waals surface area contributed by atoms with Crippen LogP contribution in [0, 0.1) is 13.8 Å². The lowest BCUT2D eigenvalue weighted by Crippen LogP contribution is -2.29. The molecule has 1 atom stereocenters. The van der Waals surface area contributed by atoms with Gasteiger partial charge in [0.15, 0.2) is 5.16 Å². The highest BCUT2D eigenvalue weighted by atomic mass is 32.2. The molecule has 1 aliphatic rings. The van der Waals surface area contributed by atoms with Crippen LogP contribution in [0.25, 0.3) is 0 Å². The zero-order chi connectivity index (χ0) is 17.3. The molecule has 3 rings (SSSR count). The van der Waals surface area contributed by atoms with Gasteiger partial charge < -0.3 is 5.32 Å². The molecule has 2 aromatic rings. The Morgan fingerprint density at radius 2 is 2.12 bits per heavy atom. The maximum Gasteiger partial charge on any atom is 0.257 e. The third kappa shape index (κ3) is 3.11. The number of para-hydroxylation sites is 1. The predicted octanol–water partition coefficient (Wildman–Crippen LogP) is 3.10. The number of fused-ring (bicyclic) bond motifs is 1. The van der Waals surface area contributed by atoms with E-state index < -0.39 is 0 Å². The number of aromatic nitrogens is 2. The van der Waals surface area contributed by atoms with Crippen LogP contribution in [-0.4, -0.2) is 21.2 Å². The van der Waals surface area contributed by atoms with Crippen LogP contribution in [-0.2, 0) is 11.2 Å². The molecule has 0 spiro atoms. The fraction of sp³-hybridized carbons (Fsp3) is 0.389. The van der Waals surface area contributed by atoms with Crippen LogP contribution in [0.4, 0.5) is 5.69 Å². The third-order valence-corrected chi connectivity index (χ3v) is 5.51. The number of amides is 1. The first-order chi connectivity index (χ1) is 11.5. The van der Waals surface area contributed by atoms with Crippen molar-refractivity contribution in [1.29, 1.82) is 0 Å². The molecule has 2 heterocycles. The van der Waals surface area contributed by atoms with E-state index in [9.17, 15) is 9.59 Å². The van der Waals surface area contributed by atoms with Crippen molar-refractivity contribution in [2.75, 3.05) is 11.1 Å². The Balaban J connectivity index is 1.78. The van der Waals surface area contributed by atoms with E-state index in [0.29, 0.717) is 11.3 Å². The van der Waals surface area contributed by atoms with Gasteiger partial charge in [0.05, 0.1) is 6.04 Å². The number of carbonyl (C=O) groups excluding carboxylic acids is 1. The zero-order valence-electron chi connectivity index (χ0n) is 14.1. The molecule has 5 nitrogen and oxygen atoms in total. The van der Waals surface area contributed by atoms with E-state index in [1.54, 1.807) is 23.3 Å². The molecule has 1 unspecified atom stereocenters. The summed E-state index contributed by atoms with van der Waals surface area (Å²) >= 11 is 1.54. The molecule has 0 saturated heterocycles. The minimum atomic E-state index is -0.141. The SMILES string of the molecule is CCc1ccccc1NC(=O)CC1CSc2nc(C)c(C)c(=O)n21. The molecule has 0 saturated carbocycles. The molecule has 6 heteroatoms. The summed E-state index contributed by atoms with van der Waals surface area (Å²) in [6, 6.07) is 7.66. The molecule has 0 bridgehead atoms. The van der Waals surface area contributed by atoms with E-state index in [4.69, 9.17) is 0 Å². The second-order valence-electron chi connectivity index (χ2n) is 6.01. The van der Waals surface area contributed by atoms with Crippen LogP contribution in [0.2, 0.25) is 0 Å². The van der Waals surface area contributed by atoms with Gasteiger partial charge in [0.2, 0.25) is 5.91 Å².